The van der Waals surface area contributed by atoms with Crippen LogP contribution in [0.4, 0.5) is 13.6 Å². The van der Waals surface area contributed by atoms with E-state index in [2.05, 4.69) is 5.32 Å². The van der Waals surface area contributed by atoms with E-state index >= 15 is 0 Å². The molecular formula is C6H11F2N3O. The molecule has 1 aliphatic rings. The number of amides is 2. The average Bonchev–Trinajstić information content (AvgIpc) is 2.36. The molecule has 3 N–H and O–H groups in total. The number of rotatable bonds is 3. The smallest absolute Gasteiger partial charge is 0.317 e. The van der Waals surface area contributed by atoms with Crippen LogP contribution < -0.4 is 11.1 Å². The summed E-state index contributed by atoms with van der Waals surface area (Å²) >= 11 is 0. The zero-order valence-electron chi connectivity index (χ0n) is 6.52. The number of hydrogen-bond donors (Lipinski definition) is 2. The minimum Gasteiger partial charge on any atom is -0.336 e. The number of hydrogen-bond acceptors (Lipinski definition) is 2. The quantitative estimate of drug-likeness (QED) is 0.619. The van der Waals surface area contributed by atoms with Crippen molar-refractivity contribution in [1.82, 2.24) is 10.2 Å². The maximum Gasteiger partial charge on any atom is 0.317 e. The van der Waals surface area contributed by atoms with Crippen molar-refractivity contribution in [2.75, 3.05) is 26.2 Å². The fourth-order valence-corrected chi connectivity index (χ4v) is 1.01. The second kappa shape index (κ2) is 3.22. The Balaban J connectivity index is 2.45. The summed E-state index contributed by atoms with van der Waals surface area (Å²) in [7, 11) is 0. The maximum atomic E-state index is 12.6. The van der Waals surface area contributed by atoms with Crippen molar-refractivity contribution >= 4 is 6.03 Å². The van der Waals surface area contributed by atoms with Gasteiger partial charge in [-0.3, -0.25) is 0 Å². The van der Waals surface area contributed by atoms with Gasteiger partial charge in [0.05, 0.1) is 13.1 Å². The van der Waals surface area contributed by atoms with E-state index in [9.17, 15) is 13.6 Å². The molecule has 0 aliphatic carbocycles. The molecule has 0 aromatic rings. The number of urea groups is 1. The third-order valence-corrected chi connectivity index (χ3v) is 1.67. The Hall–Kier alpha value is -0.910. The van der Waals surface area contributed by atoms with Gasteiger partial charge in [0.25, 0.3) is 5.92 Å². The highest BCUT2D eigenvalue weighted by Gasteiger charge is 2.33. The van der Waals surface area contributed by atoms with Gasteiger partial charge in [0.1, 0.15) is 0 Å². The Morgan fingerprint density at radius 1 is 1.67 bits per heavy atom. The molecule has 0 saturated carbocycles. The highest BCUT2D eigenvalue weighted by molar-refractivity contribution is 5.76. The Labute approximate surface area is 68.7 Å². The monoisotopic (exact) mass is 179 g/mol. The van der Waals surface area contributed by atoms with E-state index in [0.29, 0.717) is 13.1 Å². The molecule has 0 spiro atoms. The molecule has 4 nitrogen and oxygen atoms in total. The van der Waals surface area contributed by atoms with Crippen molar-refractivity contribution in [2.24, 2.45) is 5.73 Å². The molecule has 1 fully saturated rings. The van der Waals surface area contributed by atoms with Crippen molar-refractivity contribution in [3.05, 3.63) is 0 Å². The number of nitrogens with two attached hydrogens (primary N) is 1. The van der Waals surface area contributed by atoms with Crippen molar-refractivity contribution < 1.29 is 13.6 Å². The van der Waals surface area contributed by atoms with Gasteiger partial charge in [-0.05, 0) is 0 Å². The highest BCUT2D eigenvalue weighted by atomic mass is 19.3. The molecule has 6 heteroatoms. The fourth-order valence-electron chi connectivity index (χ4n) is 1.01. The summed E-state index contributed by atoms with van der Waals surface area (Å²) in [4.78, 5) is 11.9. The second-order valence-corrected chi connectivity index (χ2v) is 2.71. The Morgan fingerprint density at radius 2 is 2.33 bits per heavy atom. The third-order valence-electron chi connectivity index (χ3n) is 1.67. The first-order valence-corrected chi connectivity index (χ1v) is 3.66. The number of carbonyl (C=O) groups excluding carboxylic acids is 1. The van der Waals surface area contributed by atoms with E-state index in [-0.39, 0.29) is 0 Å². The van der Waals surface area contributed by atoms with Crippen LogP contribution in [0.3, 0.4) is 0 Å². The molecule has 0 unspecified atom stereocenters. The number of alkyl halides is 2. The van der Waals surface area contributed by atoms with Crippen LogP contribution in [-0.4, -0.2) is 43.0 Å². The molecule has 2 amide bonds. The molecule has 1 heterocycles. The number of carbonyl (C=O) groups is 1. The zero-order valence-corrected chi connectivity index (χ0v) is 6.52. The van der Waals surface area contributed by atoms with Gasteiger partial charge >= 0.3 is 6.03 Å². The van der Waals surface area contributed by atoms with E-state index in [4.69, 9.17) is 5.73 Å². The molecule has 0 radical (unpaired) electrons. The van der Waals surface area contributed by atoms with Crippen LogP contribution in [0.15, 0.2) is 0 Å². The zero-order chi connectivity index (χ0) is 9.19. The molecule has 0 aromatic heterocycles. The van der Waals surface area contributed by atoms with E-state index in [1.54, 1.807) is 0 Å². The van der Waals surface area contributed by atoms with Crippen LogP contribution in [0.5, 0.6) is 0 Å². The molecule has 0 aromatic carbocycles. The highest BCUT2D eigenvalue weighted by Crippen LogP contribution is 2.14. The molecule has 0 bridgehead atoms. The lowest BCUT2D eigenvalue weighted by atomic mass is 10.3. The summed E-state index contributed by atoms with van der Waals surface area (Å²) in [5.41, 5.74) is 4.82. The van der Waals surface area contributed by atoms with Crippen LogP contribution in [0.25, 0.3) is 0 Å². The largest absolute Gasteiger partial charge is 0.336 e. The lowest BCUT2D eigenvalue weighted by Gasteiger charge is -2.20. The van der Waals surface area contributed by atoms with Gasteiger partial charge in [0.2, 0.25) is 0 Å². The van der Waals surface area contributed by atoms with Crippen LogP contribution >= 0.6 is 0 Å². The summed E-state index contributed by atoms with van der Waals surface area (Å²) in [5, 5.41) is 2.43. The summed E-state index contributed by atoms with van der Waals surface area (Å²) in [5.74, 6) is -2.97. The predicted octanol–water partition coefficient (Wildman–Crippen LogP) is -0.394. The molecule has 1 saturated heterocycles. The SMILES string of the molecule is NCC(F)(F)CN1CCNC1=O. The minimum atomic E-state index is -2.97. The van der Waals surface area contributed by atoms with E-state index in [1.807, 2.05) is 0 Å². The van der Waals surface area contributed by atoms with Crippen molar-refractivity contribution in [3.63, 3.8) is 0 Å². The minimum absolute atomic E-state index is 0.328. The van der Waals surface area contributed by atoms with Gasteiger partial charge in [0, 0.05) is 13.1 Å². The molecular weight excluding hydrogens is 168 g/mol. The third kappa shape index (κ3) is 2.04. The molecule has 1 aliphatic heterocycles. The van der Waals surface area contributed by atoms with Crippen molar-refractivity contribution in [2.45, 2.75) is 5.92 Å². The molecule has 0 atom stereocenters. The Kier molecular flexibility index (Phi) is 2.46. The molecule has 1 rings (SSSR count). The standard InChI is InChI=1S/C6H11F2N3O/c7-6(8,3-9)4-11-2-1-10-5(11)12/h1-4,9H2,(H,10,12). The van der Waals surface area contributed by atoms with E-state index < -0.39 is 25.0 Å². The first-order chi connectivity index (χ1) is 5.55. The number of nitrogens with one attached hydrogen (secondary N) is 1. The second-order valence-electron chi connectivity index (χ2n) is 2.71. The van der Waals surface area contributed by atoms with Crippen LogP contribution in [0.1, 0.15) is 0 Å². The summed E-state index contributed by atoms with van der Waals surface area (Å²) in [6, 6.07) is -0.442. The predicted molar refractivity (Wildman–Crippen MR) is 39.0 cm³/mol. The van der Waals surface area contributed by atoms with Crippen LogP contribution in [-0.2, 0) is 0 Å². The fraction of sp³-hybridized carbons (Fsp3) is 0.833. The van der Waals surface area contributed by atoms with Gasteiger partial charge in [-0.1, -0.05) is 0 Å². The van der Waals surface area contributed by atoms with Crippen molar-refractivity contribution in [3.8, 4) is 0 Å². The number of nitrogens with zero attached hydrogens (tertiary/aromatic N) is 1. The van der Waals surface area contributed by atoms with Gasteiger partial charge in [-0.15, -0.1) is 0 Å². The maximum absolute atomic E-state index is 12.6. The van der Waals surface area contributed by atoms with Crippen molar-refractivity contribution in [1.29, 1.82) is 0 Å². The Bertz CT molecular complexity index is 186. The number of halogens is 2. The summed E-state index contributed by atoms with van der Waals surface area (Å²) < 4.78 is 25.3. The van der Waals surface area contributed by atoms with Crippen LogP contribution in [0.2, 0.25) is 0 Å². The molecule has 12 heavy (non-hydrogen) atoms. The lowest BCUT2D eigenvalue weighted by molar-refractivity contribution is -0.0102. The van der Waals surface area contributed by atoms with Gasteiger partial charge in [-0.25, -0.2) is 13.6 Å². The summed E-state index contributed by atoms with van der Waals surface area (Å²) in [6.07, 6.45) is 0. The Morgan fingerprint density at radius 3 is 2.75 bits per heavy atom. The van der Waals surface area contributed by atoms with E-state index in [1.165, 1.54) is 0 Å². The average molecular weight is 179 g/mol. The molecule has 70 valence electrons. The topological polar surface area (TPSA) is 58.4 Å². The lowest BCUT2D eigenvalue weighted by Crippen LogP contribution is -2.43. The van der Waals surface area contributed by atoms with Gasteiger partial charge in [-0.2, -0.15) is 0 Å². The normalized spacial score (nSPS) is 18.2. The van der Waals surface area contributed by atoms with Gasteiger partial charge < -0.3 is 16.0 Å². The first-order valence-electron chi connectivity index (χ1n) is 3.66. The van der Waals surface area contributed by atoms with Crippen LogP contribution in [0, 0.1) is 0 Å². The summed E-state index contributed by atoms with van der Waals surface area (Å²) in [6.45, 7) is -0.556. The first kappa shape index (κ1) is 9.18. The van der Waals surface area contributed by atoms with E-state index in [0.717, 1.165) is 4.90 Å². The van der Waals surface area contributed by atoms with Gasteiger partial charge in [0.15, 0.2) is 0 Å².